The normalized spacial score (nSPS) is 10.9. The van der Waals surface area contributed by atoms with Gasteiger partial charge >= 0.3 is 18.2 Å². The first kappa shape index (κ1) is 16.5. The van der Waals surface area contributed by atoms with E-state index in [4.69, 9.17) is 0 Å². The van der Waals surface area contributed by atoms with Gasteiger partial charge in [-0.05, 0) is 19.8 Å². The highest BCUT2D eigenvalue weighted by molar-refractivity contribution is 5.80. The number of rotatable bonds is 7. The van der Waals surface area contributed by atoms with E-state index in [1.165, 1.54) is 0 Å². The first-order valence-electron chi connectivity index (χ1n) is 5.59. The maximum Gasteiger partial charge on any atom is 0.389 e. The molecular weight excluding hydrogens is 253 g/mol. The third kappa shape index (κ3) is 11.0. The molecule has 0 saturated carbocycles. The lowest BCUT2D eigenvalue weighted by Crippen LogP contribution is -2.39. The van der Waals surface area contributed by atoms with Gasteiger partial charge in [0.2, 0.25) is 0 Å². The Bertz CT molecular complexity index is 270. The molecule has 106 valence electrons. The van der Waals surface area contributed by atoms with Crippen LogP contribution in [0.25, 0.3) is 0 Å². The Balaban J connectivity index is 3.46. The second-order valence-corrected chi connectivity index (χ2v) is 3.49. The molecule has 0 aromatic carbocycles. The molecule has 0 unspecified atom stereocenters. The molecule has 0 fully saturated rings. The molecule has 0 saturated heterocycles. The maximum absolute atomic E-state index is 11.8. The molecule has 0 spiro atoms. The Morgan fingerprint density at radius 1 is 1.17 bits per heavy atom. The summed E-state index contributed by atoms with van der Waals surface area (Å²) in [6, 6.07) is -0.602. The summed E-state index contributed by atoms with van der Waals surface area (Å²) < 4.78 is 39.9. The summed E-state index contributed by atoms with van der Waals surface area (Å²) in [5, 5.41) is 4.57. The van der Waals surface area contributed by atoms with E-state index in [2.05, 4.69) is 15.4 Å². The number of alkyl halides is 3. The predicted octanol–water partition coefficient (Wildman–Crippen LogP) is 1.58. The van der Waals surface area contributed by atoms with E-state index < -0.39 is 24.6 Å². The highest BCUT2D eigenvalue weighted by Crippen LogP contribution is 2.21. The van der Waals surface area contributed by atoms with Crippen LogP contribution in [0.15, 0.2) is 0 Å². The molecule has 0 bridgehead atoms. The zero-order valence-corrected chi connectivity index (χ0v) is 10.1. The second kappa shape index (κ2) is 8.60. The lowest BCUT2D eigenvalue weighted by molar-refractivity contribution is -0.141. The number of nitrogens with one attached hydrogen (secondary N) is 2. The van der Waals surface area contributed by atoms with Crippen LogP contribution in [-0.4, -0.2) is 37.9 Å². The number of hydrogen-bond acceptors (Lipinski definition) is 3. The lowest BCUT2D eigenvalue weighted by Gasteiger charge is -2.08. The van der Waals surface area contributed by atoms with E-state index in [0.717, 1.165) is 0 Å². The highest BCUT2D eigenvalue weighted by Gasteiger charge is 2.25. The molecular formula is C10H17F3N2O3. The lowest BCUT2D eigenvalue weighted by atomic mass is 10.2. The smallest absolute Gasteiger partial charge is 0.389 e. The summed E-state index contributed by atoms with van der Waals surface area (Å²) in [6.07, 6.45) is -4.83. The molecule has 0 aromatic rings. The summed E-state index contributed by atoms with van der Waals surface area (Å²) in [5.41, 5.74) is 0. The number of carbonyl (C=O) groups is 2. The Hall–Kier alpha value is -1.47. The number of ether oxygens (including phenoxy) is 1. The summed E-state index contributed by atoms with van der Waals surface area (Å²) in [7, 11) is 0. The van der Waals surface area contributed by atoms with Gasteiger partial charge in [0, 0.05) is 13.0 Å². The van der Waals surface area contributed by atoms with Gasteiger partial charge in [0.15, 0.2) is 0 Å². The van der Waals surface area contributed by atoms with Crippen molar-refractivity contribution in [1.29, 1.82) is 0 Å². The monoisotopic (exact) mass is 270 g/mol. The van der Waals surface area contributed by atoms with Crippen molar-refractivity contribution in [3.63, 3.8) is 0 Å². The van der Waals surface area contributed by atoms with Gasteiger partial charge in [-0.25, -0.2) is 4.79 Å². The molecule has 18 heavy (non-hydrogen) atoms. The van der Waals surface area contributed by atoms with Crippen LogP contribution < -0.4 is 10.6 Å². The van der Waals surface area contributed by atoms with Crippen molar-refractivity contribution in [1.82, 2.24) is 10.6 Å². The van der Waals surface area contributed by atoms with Crippen molar-refractivity contribution in [2.75, 3.05) is 19.7 Å². The van der Waals surface area contributed by atoms with Crippen LogP contribution in [0.2, 0.25) is 0 Å². The Labute approximate surface area is 103 Å². The molecule has 0 radical (unpaired) electrons. The fraction of sp³-hybridized carbons (Fsp3) is 0.800. The van der Waals surface area contributed by atoms with E-state index >= 15 is 0 Å². The van der Waals surface area contributed by atoms with Gasteiger partial charge in [0.05, 0.1) is 6.61 Å². The fourth-order valence-corrected chi connectivity index (χ4v) is 1.08. The van der Waals surface area contributed by atoms with Gasteiger partial charge in [-0.2, -0.15) is 13.2 Å². The largest absolute Gasteiger partial charge is 0.465 e. The molecule has 0 aliphatic carbocycles. The van der Waals surface area contributed by atoms with E-state index in [1.54, 1.807) is 6.92 Å². The molecule has 5 nitrogen and oxygen atoms in total. The average Bonchev–Trinajstić information content (AvgIpc) is 2.25. The van der Waals surface area contributed by atoms with Gasteiger partial charge in [-0.15, -0.1) is 0 Å². The van der Waals surface area contributed by atoms with Gasteiger partial charge in [0.1, 0.15) is 6.54 Å². The predicted molar refractivity (Wildman–Crippen MR) is 57.9 cm³/mol. The van der Waals surface area contributed by atoms with E-state index in [0.29, 0.717) is 0 Å². The molecule has 0 aliphatic heterocycles. The number of hydrogen-bond donors (Lipinski definition) is 2. The second-order valence-electron chi connectivity index (χ2n) is 3.49. The van der Waals surface area contributed by atoms with Crippen molar-refractivity contribution in [3.8, 4) is 0 Å². The molecule has 8 heteroatoms. The van der Waals surface area contributed by atoms with Crippen molar-refractivity contribution in [3.05, 3.63) is 0 Å². The maximum atomic E-state index is 11.8. The molecule has 2 amide bonds. The minimum Gasteiger partial charge on any atom is -0.465 e. The van der Waals surface area contributed by atoms with Crippen LogP contribution in [0.1, 0.15) is 26.2 Å². The number of halogens is 3. The SMILES string of the molecule is CCOC(=O)CNC(=O)NCCCCC(F)(F)F. The number of unbranched alkanes of at least 4 members (excludes halogenated alkanes) is 1. The third-order valence-electron chi connectivity index (χ3n) is 1.87. The first-order valence-corrected chi connectivity index (χ1v) is 5.59. The van der Waals surface area contributed by atoms with E-state index in [-0.39, 0.29) is 32.5 Å². The minimum atomic E-state index is -4.16. The van der Waals surface area contributed by atoms with E-state index in [1.807, 2.05) is 0 Å². The fourth-order valence-electron chi connectivity index (χ4n) is 1.08. The van der Waals surface area contributed by atoms with Crippen molar-refractivity contribution in [2.45, 2.75) is 32.4 Å². The van der Waals surface area contributed by atoms with Crippen molar-refractivity contribution >= 4 is 12.0 Å². The van der Waals surface area contributed by atoms with Crippen molar-refractivity contribution < 1.29 is 27.5 Å². The van der Waals surface area contributed by atoms with Crippen molar-refractivity contribution in [2.24, 2.45) is 0 Å². The Kier molecular flexibility index (Phi) is 7.89. The minimum absolute atomic E-state index is 0.0400. The van der Waals surface area contributed by atoms with Crippen LogP contribution in [0.4, 0.5) is 18.0 Å². The highest BCUT2D eigenvalue weighted by atomic mass is 19.4. The van der Waals surface area contributed by atoms with Crippen LogP contribution in [-0.2, 0) is 9.53 Å². The molecule has 0 rings (SSSR count). The van der Waals surface area contributed by atoms with Gasteiger partial charge < -0.3 is 15.4 Å². The first-order chi connectivity index (χ1) is 8.35. The number of amides is 2. The number of urea groups is 1. The quantitative estimate of drug-likeness (QED) is 0.545. The standard InChI is InChI=1S/C10H17F3N2O3/c1-2-18-8(16)7-15-9(17)14-6-4-3-5-10(11,12)13/h2-7H2,1H3,(H2,14,15,17). The number of carbonyl (C=O) groups excluding carboxylic acids is 2. The summed E-state index contributed by atoms with van der Waals surface area (Å²) in [5.74, 6) is -0.565. The molecule has 0 aromatic heterocycles. The average molecular weight is 270 g/mol. The molecule has 2 N–H and O–H groups in total. The molecule has 0 heterocycles. The summed E-state index contributed by atoms with van der Waals surface area (Å²) in [4.78, 5) is 21.9. The topological polar surface area (TPSA) is 67.4 Å². The zero-order chi connectivity index (χ0) is 14.0. The van der Waals surface area contributed by atoms with Crippen LogP contribution in [0.3, 0.4) is 0 Å². The van der Waals surface area contributed by atoms with E-state index in [9.17, 15) is 22.8 Å². The van der Waals surface area contributed by atoms with Gasteiger partial charge in [-0.3, -0.25) is 4.79 Å². The number of esters is 1. The Morgan fingerprint density at radius 2 is 1.83 bits per heavy atom. The van der Waals surface area contributed by atoms with Crippen LogP contribution >= 0.6 is 0 Å². The molecule has 0 aliphatic rings. The Morgan fingerprint density at radius 3 is 2.39 bits per heavy atom. The van der Waals surface area contributed by atoms with Gasteiger partial charge in [-0.1, -0.05) is 0 Å². The van der Waals surface area contributed by atoms with Crippen LogP contribution in [0.5, 0.6) is 0 Å². The summed E-state index contributed by atoms with van der Waals surface area (Å²) >= 11 is 0. The zero-order valence-electron chi connectivity index (χ0n) is 10.1. The van der Waals surface area contributed by atoms with Crippen LogP contribution in [0, 0.1) is 0 Å². The van der Waals surface area contributed by atoms with Gasteiger partial charge in [0.25, 0.3) is 0 Å². The third-order valence-corrected chi connectivity index (χ3v) is 1.87. The summed E-state index contributed by atoms with van der Waals surface area (Å²) in [6.45, 7) is 1.73. The molecule has 0 atom stereocenters.